The van der Waals surface area contributed by atoms with Gasteiger partial charge < -0.3 is 14.8 Å². The van der Waals surface area contributed by atoms with Crippen LogP contribution >= 0.6 is 11.3 Å². The molecule has 0 aliphatic heterocycles. The van der Waals surface area contributed by atoms with Gasteiger partial charge in [0.05, 0.1) is 0 Å². The number of carbonyl (C=O) groups is 1. The Hall–Kier alpha value is -2.11. The summed E-state index contributed by atoms with van der Waals surface area (Å²) in [7, 11) is 0. The van der Waals surface area contributed by atoms with Crippen LogP contribution in [-0.2, 0) is 0 Å². The molecule has 0 aliphatic rings. The summed E-state index contributed by atoms with van der Waals surface area (Å²) < 4.78 is 5.56. The predicted molar refractivity (Wildman–Crippen MR) is 91.9 cm³/mol. The first-order valence-electron chi connectivity index (χ1n) is 7.67. The van der Waals surface area contributed by atoms with Gasteiger partial charge in [0.1, 0.15) is 5.58 Å². The maximum absolute atomic E-state index is 12.2. The quantitative estimate of drug-likeness (QED) is 0.693. The number of aliphatic hydroxyl groups excluding tert-OH is 1. The van der Waals surface area contributed by atoms with E-state index in [2.05, 4.69) is 16.8 Å². The van der Waals surface area contributed by atoms with Gasteiger partial charge >= 0.3 is 0 Å². The Morgan fingerprint density at radius 1 is 1.26 bits per heavy atom. The van der Waals surface area contributed by atoms with Crippen molar-refractivity contribution in [2.24, 2.45) is 0 Å². The minimum Gasteiger partial charge on any atom is -0.451 e. The van der Waals surface area contributed by atoms with E-state index in [1.54, 1.807) is 17.4 Å². The number of rotatable bonds is 7. The molecular weight excluding hydrogens is 310 g/mol. The number of hydrogen-bond donors (Lipinski definition) is 2. The van der Waals surface area contributed by atoms with Crippen LogP contribution in [0, 0.1) is 0 Å². The number of thiophene rings is 1. The third-order valence-corrected chi connectivity index (χ3v) is 4.62. The second-order valence-electron chi connectivity index (χ2n) is 5.46. The predicted octanol–water partition coefficient (Wildman–Crippen LogP) is 3.78. The van der Waals surface area contributed by atoms with Crippen molar-refractivity contribution in [1.29, 1.82) is 0 Å². The first kappa shape index (κ1) is 15.8. The Morgan fingerprint density at radius 2 is 2.13 bits per heavy atom. The Morgan fingerprint density at radius 3 is 2.87 bits per heavy atom. The van der Waals surface area contributed by atoms with Crippen molar-refractivity contribution in [1.82, 2.24) is 5.32 Å². The number of benzene rings is 1. The van der Waals surface area contributed by atoms with Crippen LogP contribution < -0.4 is 5.32 Å². The zero-order valence-electron chi connectivity index (χ0n) is 12.7. The van der Waals surface area contributed by atoms with Gasteiger partial charge in [-0.25, -0.2) is 0 Å². The molecule has 0 radical (unpaired) electrons. The van der Waals surface area contributed by atoms with Crippen LogP contribution in [0.3, 0.4) is 0 Å². The molecule has 3 aromatic rings. The molecule has 23 heavy (non-hydrogen) atoms. The summed E-state index contributed by atoms with van der Waals surface area (Å²) in [6.07, 6.45) is 1.50. The first-order valence-corrected chi connectivity index (χ1v) is 8.62. The maximum atomic E-state index is 12.2. The van der Waals surface area contributed by atoms with Crippen molar-refractivity contribution in [2.75, 3.05) is 13.2 Å². The Balaban J connectivity index is 1.57. The monoisotopic (exact) mass is 329 g/mol. The van der Waals surface area contributed by atoms with Gasteiger partial charge in [0.15, 0.2) is 5.76 Å². The largest absolute Gasteiger partial charge is 0.451 e. The molecule has 0 spiro atoms. The number of fused-ring (bicyclic) bond motifs is 1. The molecule has 3 rings (SSSR count). The molecule has 2 aromatic heterocycles. The van der Waals surface area contributed by atoms with E-state index >= 15 is 0 Å². The minimum absolute atomic E-state index is 0.151. The summed E-state index contributed by atoms with van der Waals surface area (Å²) in [4.78, 5) is 12.2. The highest BCUT2D eigenvalue weighted by Crippen LogP contribution is 2.25. The summed E-state index contributed by atoms with van der Waals surface area (Å²) in [6, 6.07) is 11.4. The van der Waals surface area contributed by atoms with E-state index < -0.39 is 0 Å². The summed E-state index contributed by atoms with van der Waals surface area (Å²) in [5.74, 6) is 0.400. The fourth-order valence-corrected chi connectivity index (χ4v) is 3.42. The second kappa shape index (κ2) is 7.44. The van der Waals surface area contributed by atoms with E-state index in [1.165, 1.54) is 5.56 Å². The Labute approximate surface area is 138 Å². The lowest BCUT2D eigenvalue weighted by atomic mass is 9.95. The molecule has 0 saturated carbocycles. The van der Waals surface area contributed by atoms with Crippen molar-refractivity contribution in [3.8, 4) is 0 Å². The number of nitrogens with one attached hydrogen (secondary N) is 1. The minimum atomic E-state index is -0.200. The molecular formula is C18H19NO3S. The van der Waals surface area contributed by atoms with Crippen LogP contribution in [0.2, 0.25) is 0 Å². The zero-order valence-corrected chi connectivity index (χ0v) is 13.5. The SMILES string of the molecule is O=C(NCC[C@H](CCO)c1ccsc1)c1cc2ccccc2o1. The van der Waals surface area contributed by atoms with E-state index in [0.717, 1.165) is 11.8 Å². The molecule has 0 saturated heterocycles. The molecule has 0 aliphatic carbocycles. The molecule has 1 aromatic carbocycles. The van der Waals surface area contributed by atoms with Crippen LogP contribution in [0.4, 0.5) is 0 Å². The number of aliphatic hydroxyl groups is 1. The average molecular weight is 329 g/mol. The molecule has 120 valence electrons. The van der Waals surface area contributed by atoms with Crippen LogP contribution in [0.25, 0.3) is 11.0 Å². The Bertz CT molecular complexity index is 731. The van der Waals surface area contributed by atoms with Crippen LogP contribution in [0.15, 0.2) is 51.6 Å². The summed E-state index contributed by atoms with van der Waals surface area (Å²) in [6.45, 7) is 0.703. The highest BCUT2D eigenvalue weighted by atomic mass is 32.1. The Kier molecular flexibility index (Phi) is 5.10. The van der Waals surface area contributed by atoms with Crippen LogP contribution in [0.5, 0.6) is 0 Å². The van der Waals surface area contributed by atoms with Gasteiger partial charge in [-0.3, -0.25) is 4.79 Å². The van der Waals surface area contributed by atoms with Gasteiger partial charge in [-0.05, 0) is 53.3 Å². The maximum Gasteiger partial charge on any atom is 0.287 e. The van der Waals surface area contributed by atoms with Crippen molar-refractivity contribution >= 4 is 28.2 Å². The van der Waals surface area contributed by atoms with Crippen LogP contribution in [0.1, 0.15) is 34.9 Å². The van der Waals surface area contributed by atoms with E-state index in [9.17, 15) is 9.90 Å². The summed E-state index contributed by atoms with van der Waals surface area (Å²) in [5, 5.41) is 17.2. The van der Waals surface area contributed by atoms with Gasteiger partial charge in [-0.2, -0.15) is 11.3 Å². The summed E-state index contributed by atoms with van der Waals surface area (Å²) >= 11 is 1.65. The van der Waals surface area contributed by atoms with E-state index in [0.29, 0.717) is 24.3 Å². The molecule has 1 atom stereocenters. The van der Waals surface area contributed by atoms with Crippen molar-refractivity contribution in [3.05, 3.63) is 58.5 Å². The lowest BCUT2D eigenvalue weighted by Gasteiger charge is -2.14. The molecule has 5 heteroatoms. The molecule has 4 nitrogen and oxygen atoms in total. The lowest BCUT2D eigenvalue weighted by molar-refractivity contribution is 0.0926. The first-order chi connectivity index (χ1) is 11.3. The zero-order chi connectivity index (χ0) is 16.1. The molecule has 0 fully saturated rings. The average Bonchev–Trinajstić information content (AvgIpc) is 3.23. The molecule has 2 heterocycles. The standard InChI is InChI=1S/C18H19NO3S/c20-9-6-13(15-7-10-23-12-15)5-8-19-18(21)17-11-14-3-1-2-4-16(14)22-17/h1-4,7,10-13,20H,5-6,8-9H2,(H,19,21)/t13-/m1/s1. The van der Waals surface area contributed by atoms with Gasteiger partial charge in [0.2, 0.25) is 0 Å². The lowest BCUT2D eigenvalue weighted by Crippen LogP contribution is -2.25. The summed E-state index contributed by atoms with van der Waals surface area (Å²) in [5.41, 5.74) is 1.94. The van der Waals surface area contributed by atoms with E-state index in [1.807, 2.05) is 29.6 Å². The smallest absolute Gasteiger partial charge is 0.287 e. The van der Waals surface area contributed by atoms with Crippen molar-refractivity contribution in [3.63, 3.8) is 0 Å². The number of amides is 1. The van der Waals surface area contributed by atoms with Gasteiger partial charge in [0, 0.05) is 18.5 Å². The molecule has 2 N–H and O–H groups in total. The van der Waals surface area contributed by atoms with Crippen molar-refractivity contribution in [2.45, 2.75) is 18.8 Å². The fraction of sp³-hybridized carbons (Fsp3) is 0.278. The molecule has 0 bridgehead atoms. The number of para-hydroxylation sites is 1. The molecule has 1 amide bonds. The third kappa shape index (κ3) is 3.81. The fourth-order valence-electron chi connectivity index (χ4n) is 2.68. The van der Waals surface area contributed by atoms with E-state index in [-0.39, 0.29) is 18.4 Å². The van der Waals surface area contributed by atoms with E-state index in [4.69, 9.17) is 4.42 Å². The normalized spacial score (nSPS) is 12.4. The van der Waals surface area contributed by atoms with Crippen LogP contribution in [-0.4, -0.2) is 24.2 Å². The topological polar surface area (TPSA) is 62.5 Å². The highest BCUT2D eigenvalue weighted by Gasteiger charge is 2.14. The second-order valence-corrected chi connectivity index (χ2v) is 6.24. The van der Waals surface area contributed by atoms with Gasteiger partial charge in [-0.15, -0.1) is 0 Å². The number of carbonyl (C=O) groups excluding carboxylic acids is 1. The third-order valence-electron chi connectivity index (χ3n) is 3.92. The van der Waals surface area contributed by atoms with Crippen molar-refractivity contribution < 1.29 is 14.3 Å². The highest BCUT2D eigenvalue weighted by molar-refractivity contribution is 7.07. The number of hydrogen-bond acceptors (Lipinski definition) is 4. The number of furan rings is 1. The van der Waals surface area contributed by atoms with Gasteiger partial charge in [-0.1, -0.05) is 18.2 Å². The van der Waals surface area contributed by atoms with Gasteiger partial charge in [0.25, 0.3) is 5.91 Å². The molecule has 0 unspecified atom stereocenters.